The van der Waals surface area contributed by atoms with Gasteiger partial charge in [0.15, 0.2) is 0 Å². The van der Waals surface area contributed by atoms with Gasteiger partial charge in [0.2, 0.25) is 0 Å². The topological polar surface area (TPSA) is 12.9 Å². The maximum absolute atomic E-state index is 13.1. The van der Waals surface area contributed by atoms with Crippen molar-refractivity contribution in [3.63, 3.8) is 0 Å². The Morgan fingerprint density at radius 2 is 1.84 bits per heavy atom. The Hall–Kier alpha value is -1.62. The molecule has 0 radical (unpaired) electrons. The predicted molar refractivity (Wildman–Crippen MR) is 64.2 cm³/mol. The maximum atomic E-state index is 13.1. The lowest BCUT2D eigenvalue weighted by Crippen LogP contribution is -2.09. The number of alkyl halides is 4. The molecule has 0 atom stereocenters. The second-order valence-electron chi connectivity index (χ2n) is 3.83. The Balaban J connectivity index is 2.53. The van der Waals surface area contributed by atoms with Gasteiger partial charge in [-0.1, -0.05) is 18.2 Å². The number of pyridine rings is 1. The summed E-state index contributed by atoms with van der Waals surface area (Å²) < 4.78 is 50.7. The van der Waals surface area contributed by atoms with E-state index in [0.717, 1.165) is 6.07 Å². The third-order valence-electron chi connectivity index (χ3n) is 2.53. The second-order valence-corrected chi connectivity index (χ2v) is 4.10. The highest BCUT2D eigenvalue weighted by molar-refractivity contribution is 6.17. The van der Waals surface area contributed by atoms with E-state index in [9.17, 15) is 17.6 Å². The van der Waals surface area contributed by atoms with Crippen LogP contribution in [0.5, 0.6) is 0 Å². The monoisotopic (exact) mass is 289 g/mol. The van der Waals surface area contributed by atoms with Crippen molar-refractivity contribution in [2.45, 2.75) is 12.1 Å². The highest BCUT2D eigenvalue weighted by Crippen LogP contribution is 2.31. The van der Waals surface area contributed by atoms with E-state index in [1.165, 1.54) is 24.3 Å². The zero-order valence-corrected chi connectivity index (χ0v) is 10.3. The van der Waals surface area contributed by atoms with Crippen LogP contribution in [0.2, 0.25) is 0 Å². The van der Waals surface area contributed by atoms with Crippen molar-refractivity contribution >= 4 is 11.6 Å². The van der Waals surface area contributed by atoms with Crippen LogP contribution in [0.25, 0.3) is 11.1 Å². The number of aromatic nitrogens is 1. The first-order valence-corrected chi connectivity index (χ1v) is 5.84. The Kier molecular flexibility index (Phi) is 3.75. The molecule has 0 aliphatic carbocycles. The molecule has 0 amide bonds. The fourth-order valence-electron chi connectivity index (χ4n) is 1.68. The van der Waals surface area contributed by atoms with Gasteiger partial charge in [0.25, 0.3) is 0 Å². The van der Waals surface area contributed by atoms with E-state index in [2.05, 4.69) is 4.98 Å². The van der Waals surface area contributed by atoms with Gasteiger partial charge in [-0.3, -0.25) is 0 Å². The Morgan fingerprint density at radius 3 is 2.42 bits per heavy atom. The molecule has 1 aromatic carbocycles. The largest absolute Gasteiger partial charge is 0.433 e. The molecule has 0 bridgehead atoms. The van der Waals surface area contributed by atoms with E-state index in [-0.39, 0.29) is 11.6 Å². The second kappa shape index (κ2) is 5.17. The van der Waals surface area contributed by atoms with Crippen molar-refractivity contribution in [3.05, 3.63) is 53.6 Å². The quantitative estimate of drug-likeness (QED) is 0.579. The molecule has 19 heavy (non-hydrogen) atoms. The molecule has 0 saturated heterocycles. The molecule has 0 N–H and O–H groups in total. The molecule has 1 nitrogen and oxygen atoms in total. The molecule has 0 spiro atoms. The van der Waals surface area contributed by atoms with E-state index in [1.54, 1.807) is 6.07 Å². The summed E-state index contributed by atoms with van der Waals surface area (Å²) in [5, 5.41) is 0. The average Bonchev–Trinajstić information content (AvgIpc) is 2.37. The van der Waals surface area contributed by atoms with Crippen LogP contribution in [0.1, 0.15) is 11.4 Å². The van der Waals surface area contributed by atoms with E-state index < -0.39 is 17.7 Å². The predicted octanol–water partition coefficient (Wildman–Crippen LogP) is 4.65. The first kappa shape index (κ1) is 13.8. The minimum Gasteiger partial charge on any atom is -0.246 e. The molecule has 0 aliphatic heterocycles. The van der Waals surface area contributed by atoms with Gasteiger partial charge in [0, 0.05) is 5.56 Å². The fraction of sp³-hybridized carbons (Fsp3) is 0.154. The van der Waals surface area contributed by atoms with Gasteiger partial charge >= 0.3 is 6.18 Å². The van der Waals surface area contributed by atoms with Crippen LogP contribution in [-0.2, 0) is 12.1 Å². The van der Waals surface area contributed by atoms with Crippen LogP contribution in [0, 0.1) is 5.82 Å². The van der Waals surface area contributed by atoms with Crippen LogP contribution in [0.4, 0.5) is 17.6 Å². The molecule has 2 rings (SSSR count). The molecule has 100 valence electrons. The van der Waals surface area contributed by atoms with Gasteiger partial charge in [-0.15, -0.1) is 11.6 Å². The lowest BCUT2D eigenvalue weighted by atomic mass is 10.0. The number of hydrogen-bond acceptors (Lipinski definition) is 1. The smallest absolute Gasteiger partial charge is 0.246 e. The minimum atomic E-state index is -4.53. The summed E-state index contributed by atoms with van der Waals surface area (Å²) >= 11 is 5.62. The summed E-state index contributed by atoms with van der Waals surface area (Å²) in [6.45, 7) is 0. The number of benzene rings is 1. The van der Waals surface area contributed by atoms with Crippen molar-refractivity contribution < 1.29 is 17.6 Å². The van der Waals surface area contributed by atoms with Gasteiger partial charge < -0.3 is 0 Å². The zero-order chi connectivity index (χ0) is 14.0. The van der Waals surface area contributed by atoms with E-state index in [4.69, 9.17) is 11.6 Å². The van der Waals surface area contributed by atoms with Crippen LogP contribution >= 0.6 is 11.6 Å². The SMILES string of the molecule is Fc1cccc(-c2ccc(C(F)(F)F)nc2CCl)c1. The maximum Gasteiger partial charge on any atom is 0.433 e. The average molecular weight is 290 g/mol. The number of halogens is 5. The molecule has 1 heterocycles. The number of rotatable bonds is 2. The van der Waals surface area contributed by atoms with Gasteiger partial charge in [0.05, 0.1) is 11.6 Å². The van der Waals surface area contributed by atoms with Gasteiger partial charge in [-0.05, 0) is 23.8 Å². The van der Waals surface area contributed by atoms with E-state index in [0.29, 0.717) is 11.1 Å². The van der Waals surface area contributed by atoms with Gasteiger partial charge in [0.1, 0.15) is 11.5 Å². The lowest BCUT2D eigenvalue weighted by molar-refractivity contribution is -0.141. The van der Waals surface area contributed by atoms with E-state index >= 15 is 0 Å². The number of nitrogens with zero attached hydrogens (tertiary/aromatic N) is 1. The van der Waals surface area contributed by atoms with Gasteiger partial charge in [-0.25, -0.2) is 9.37 Å². The molecule has 0 saturated carbocycles. The molecule has 6 heteroatoms. The van der Waals surface area contributed by atoms with Crippen molar-refractivity contribution in [3.8, 4) is 11.1 Å². The van der Waals surface area contributed by atoms with Crippen LogP contribution < -0.4 is 0 Å². The Labute approximate surface area is 111 Å². The molecule has 0 aliphatic rings. The zero-order valence-electron chi connectivity index (χ0n) is 9.51. The molecule has 0 fully saturated rings. The van der Waals surface area contributed by atoms with Crippen LogP contribution in [0.15, 0.2) is 36.4 Å². The fourth-order valence-corrected chi connectivity index (χ4v) is 1.88. The lowest BCUT2D eigenvalue weighted by Gasteiger charge is -2.11. The first-order valence-electron chi connectivity index (χ1n) is 5.31. The van der Waals surface area contributed by atoms with Crippen molar-refractivity contribution in [2.24, 2.45) is 0 Å². The summed E-state index contributed by atoms with van der Waals surface area (Å²) in [4.78, 5) is 3.49. The molecule has 1 aromatic heterocycles. The Bertz CT molecular complexity index is 595. The Morgan fingerprint density at radius 1 is 1.11 bits per heavy atom. The summed E-state index contributed by atoms with van der Waals surface area (Å²) in [5.74, 6) is -0.659. The molecule has 0 unspecified atom stereocenters. The number of hydrogen-bond donors (Lipinski definition) is 0. The third-order valence-corrected chi connectivity index (χ3v) is 2.78. The van der Waals surface area contributed by atoms with Crippen LogP contribution in [-0.4, -0.2) is 4.98 Å². The highest BCUT2D eigenvalue weighted by Gasteiger charge is 2.33. The van der Waals surface area contributed by atoms with Crippen molar-refractivity contribution in [1.82, 2.24) is 4.98 Å². The molecular formula is C13H8ClF4N. The van der Waals surface area contributed by atoms with Crippen molar-refractivity contribution in [1.29, 1.82) is 0 Å². The first-order chi connectivity index (χ1) is 8.91. The normalized spacial score (nSPS) is 11.6. The summed E-state index contributed by atoms with van der Waals surface area (Å²) in [6.07, 6.45) is -4.53. The highest BCUT2D eigenvalue weighted by atomic mass is 35.5. The molecule has 2 aromatic rings. The molecular weight excluding hydrogens is 282 g/mol. The standard InChI is InChI=1S/C13H8ClF4N/c14-7-11-10(8-2-1-3-9(15)6-8)4-5-12(19-11)13(16,17)18/h1-6H,7H2. The van der Waals surface area contributed by atoms with E-state index in [1.807, 2.05) is 0 Å². The summed E-state index contributed by atoms with van der Waals surface area (Å²) in [6, 6.07) is 7.64. The summed E-state index contributed by atoms with van der Waals surface area (Å²) in [5.41, 5.74) is -0.107. The van der Waals surface area contributed by atoms with Crippen LogP contribution in [0.3, 0.4) is 0 Å². The third kappa shape index (κ3) is 3.04. The van der Waals surface area contributed by atoms with Gasteiger partial charge in [-0.2, -0.15) is 13.2 Å². The summed E-state index contributed by atoms with van der Waals surface area (Å²) in [7, 11) is 0. The van der Waals surface area contributed by atoms with Crippen molar-refractivity contribution in [2.75, 3.05) is 0 Å². The minimum absolute atomic E-state index is 0.0714.